The summed E-state index contributed by atoms with van der Waals surface area (Å²) < 4.78 is 10.0. The fraction of sp³-hybridized carbons (Fsp3) is 0.400. The van der Waals surface area contributed by atoms with E-state index < -0.39 is 0 Å². The lowest BCUT2D eigenvalue weighted by Crippen LogP contribution is -2.37. The molecule has 0 unspecified atom stereocenters. The minimum Gasteiger partial charge on any atom is -0.454 e. The number of halogens is 1. The SMILES string of the molecule is Cc1cc(C(=O)OC2COC2)cc(Cl)n1. The summed E-state index contributed by atoms with van der Waals surface area (Å²) in [7, 11) is 0. The molecule has 0 spiro atoms. The first-order valence-corrected chi connectivity index (χ1v) is 4.96. The van der Waals surface area contributed by atoms with Crippen molar-refractivity contribution in [1.82, 2.24) is 4.98 Å². The summed E-state index contributed by atoms with van der Waals surface area (Å²) in [5.74, 6) is -0.379. The van der Waals surface area contributed by atoms with Crippen LogP contribution in [0.2, 0.25) is 5.15 Å². The first kappa shape index (κ1) is 10.4. The van der Waals surface area contributed by atoms with E-state index in [9.17, 15) is 4.79 Å². The molecule has 0 N–H and O–H groups in total. The van der Waals surface area contributed by atoms with Gasteiger partial charge in [-0.2, -0.15) is 0 Å². The van der Waals surface area contributed by atoms with Crippen molar-refractivity contribution in [2.24, 2.45) is 0 Å². The maximum atomic E-state index is 11.6. The Bertz CT molecular complexity index is 370. The van der Waals surface area contributed by atoms with Gasteiger partial charge in [-0.15, -0.1) is 0 Å². The second-order valence-corrected chi connectivity index (χ2v) is 3.77. The van der Waals surface area contributed by atoms with Gasteiger partial charge in [-0.05, 0) is 19.1 Å². The minimum absolute atomic E-state index is 0.121. The fourth-order valence-electron chi connectivity index (χ4n) is 1.25. The van der Waals surface area contributed by atoms with E-state index in [2.05, 4.69) is 4.98 Å². The first-order chi connectivity index (χ1) is 7.15. The number of hydrogen-bond acceptors (Lipinski definition) is 4. The standard InChI is InChI=1S/C10H10ClNO3/c1-6-2-7(3-9(11)12-6)10(13)15-8-4-14-5-8/h2-3,8H,4-5H2,1H3. The Hall–Kier alpha value is -1.13. The Morgan fingerprint density at radius 2 is 2.33 bits per heavy atom. The summed E-state index contributed by atoms with van der Waals surface area (Å²) in [6, 6.07) is 3.14. The molecule has 2 rings (SSSR count). The number of carbonyl (C=O) groups is 1. The van der Waals surface area contributed by atoms with Crippen LogP contribution in [0.25, 0.3) is 0 Å². The average Bonchev–Trinajstić information content (AvgIpc) is 2.09. The zero-order chi connectivity index (χ0) is 10.8. The maximum Gasteiger partial charge on any atom is 0.338 e. The smallest absolute Gasteiger partial charge is 0.338 e. The summed E-state index contributed by atoms with van der Waals surface area (Å²) >= 11 is 5.74. The predicted molar refractivity (Wildman–Crippen MR) is 54.0 cm³/mol. The van der Waals surface area contributed by atoms with E-state index in [1.807, 2.05) is 0 Å². The highest BCUT2D eigenvalue weighted by Gasteiger charge is 2.23. The zero-order valence-electron chi connectivity index (χ0n) is 8.20. The molecule has 1 fully saturated rings. The summed E-state index contributed by atoms with van der Waals surface area (Å²) in [5.41, 5.74) is 1.12. The molecule has 1 aromatic rings. The van der Waals surface area contributed by atoms with Gasteiger partial charge in [-0.25, -0.2) is 9.78 Å². The molecule has 0 aliphatic carbocycles. The molecule has 0 bridgehead atoms. The van der Waals surface area contributed by atoms with Gasteiger partial charge in [0.25, 0.3) is 0 Å². The van der Waals surface area contributed by atoms with Gasteiger partial charge in [-0.1, -0.05) is 11.6 Å². The third-order valence-corrected chi connectivity index (χ3v) is 2.23. The molecule has 4 nitrogen and oxygen atoms in total. The van der Waals surface area contributed by atoms with Crippen LogP contribution < -0.4 is 0 Å². The van der Waals surface area contributed by atoms with Gasteiger partial charge in [0, 0.05) is 5.69 Å². The van der Waals surface area contributed by atoms with E-state index in [1.54, 1.807) is 13.0 Å². The van der Waals surface area contributed by atoms with Crippen LogP contribution in [0.4, 0.5) is 0 Å². The van der Waals surface area contributed by atoms with Crippen LogP contribution in [0.1, 0.15) is 16.1 Å². The number of hydrogen-bond donors (Lipinski definition) is 0. The Balaban J connectivity index is 2.10. The molecule has 1 saturated heterocycles. The molecule has 1 aromatic heterocycles. The molecule has 2 heterocycles. The Morgan fingerprint density at radius 3 is 2.87 bits per heavy atom. The van der Waals surface area contributed by atoms with Gasteiger partial charge < -0.3 is 9.47 Å². The van der Waals surface area contributed by atoms with Crippen LogP contribution in [0.5, 0.6) is 0 Å². The number of esters is 1. The van der Waals surface area contributed by atoms with E-state index in [0.717, 1.165) is 0 Å². The number of aromatic nitrogens is 1. The van der Waals surface area contributed by atoms with Crippen LogP contribution in [-0.4, -0.2) is 30.3 Å². The van der Waals surface area contributed by atoms with Crippen LogP contribution in [0, 0.1) is 6.92 Å². The Labute approximate surface area is 92.2 Å². The van der Waals surface area contributed by atoms with Crippen molar-refractivity contribution in [3.8, 4) is 0 Å². The third-order valence-electron chi connectivity index (χ3n) is 2.04. The summed E-state index contributed by atoms with van der Waals surface area (Å²) in [4.78, 5) is 15.6. The first-order valence-electron chi connectivity index (χ1n) is 4.58. The van der Waals surface area contributed by atoms with Gasteiger partial charge >= 0.3 is 5.97 Å². The van der Waals surface area contributed by atoms with Crippen molar-refractivity contribution in [2.45, 2.75) is 13.0 Å². The summed E-state index contributed by atoms with van der Waals surface area (Å²) in [5, 5.41) is 0.298. The molecule has 0 atom stereocenters. The third kappa shape index (κ3) is 2.46. The van der Waals surface area contributed by atoms with E-state index in [4.69, 9.17) is 21.1 Å². The number of ether oxygens (including phenoxy) is 2. The highest BCUT2D eigenvalue weighted by atomic mass is 35.5. The molecular weight excluding hydrogens is 218 g/mol. The quantitative estimate of drug-likeness (QED) is 0.569. The number of pyridine rings is 1. The Kier molecular flexibility index (Phi) is 2.88. The molecule has 0 aromatic carbocycles. The molecule has 0 amide bonds. The lowest BCUT2D eigenvalue weighted by Gasteiger charge is -2.25. The minimum atomic E-state index is -0.379. The summed E-state index contributed by atoms with van der Waals surface area (Å²) in [6.07, 6.45) is -0.121. The molecule has 5 heteroatoms. The number of carbonyl (C=O) groups excluding carboxylic acids is 1. The fourth-order valence-corrected chi connectivity index (χ4v) is 1.50. The van der Waals surface area contributed by atoms with Crippen molar-refractivity contribution >= 4 is 17.6 Å². The van der Waals surface area contributed by atoms with Crippen molar-refractivity contribution < 1.29 is 14.3 Å². The molecule has 0 saturated carbocycles. The van der Waals surface area contributed by atoms with Gasteiger partial charge in [0.2, 0.25) is 0 Å². The van der Waals surface area contributed by atoms with Gasteiger partial charge in [-0.3, -0.25) is 0 Å². The Morgan fingerprint density at radius 1 is 1.60 bits per heavy atom. The second kappa shape index (κ2) is 4.16. The lowest BCUT2D eigenvalue weighted by molar-refractivity contribution is -0.103. The van der Waals surface area contributed by atoms with E-state index in [0.29, 0.717) is 29.6 Å². The molecule has 1 aliphatic rings. The van der Waals surface area contributed by atoms with Crippen molar-refractivity contribution in [1.29, 1.82) is 0 Å². The van der Waals surface area contributed by atoms with Crippen LogP contribution >= 0.6 is 11.6 Å². The second-order valence-electron chi connectivity index (χ2n) is 3.38. The molecule has 1 aliphatic heterocycles. The van der Waals surface area contributed by atoms with Gasteiger partial charge in [0.05, 0.1) is 18.8 Å². The topological polar surface area (TPSA) is 48.4 Å². The molecular formula is C10H10ClNO3. The van der Waals surface area contributed by atoms with E-state index in [-0.39, 0.29) is 12.1 Å². The molecule has 80 valence electrons. The van der Waals surface area contributed by atoms with Crippen LogP contribution in [0.15, 0.2) is 12.1 Å². The van der Waals surface area contributed by atoms with E-state index >= 15 is 0 Å². The van der Waals surface area contributed by atoms with Crippen molar-refractivity contribution in [2.75, 3.05) is 13.2 Å². The normalized spacial score (nSPS) is 15.9. The maximum absolute atomic E-state index is 11.6. The highest BCUT2D eigenvalue weighted by Crippen LogP contribution is 2.14. The number of rotatable bonds is 2. The zero-order valence-corrected chi connectivity index (χ0v) is 8.95. The molecule has 15 heavy (non-hydrogen) atoms. The number of aryl methyl sites for hydroxylation is 1. The van der Waals surface area contributed by atoms with Gasteiger partial charge in [0.15, 0.2) is 0 Å². The van der Waals surface area contributed by atoms with Crippen molar-refractivity contribution in [3.63, 3.8) is 0 Å². The van der Waals surface area contributed by atoms with Crippen LogP contribution in [-0.2, 0) is 9.47 Å². The van der Waals surface area contributed by atoms with Gasteiger partial charge in [0.1, 0.15) is 11.3 Å². The largest absolute Gasteiger partial charge is 0.454 e. The predicted octanol–water partition coefficient (Wildman–Crippen LogP) is 1.60. The lowest BCUT2D eigenvalue weighted by atomic mass is 10.2. The number of nitrogens with zero attached hydrogens (tertiary/aromatic N) is 1. The highest BCUT2D eigenvalue weighted by molar-refractivity contribution is 6.29. The summed E-state index contributed by atoms with van der Waals surface area (Å²) in [6.45, 7) is 2.72. The monoisotopic (exact) mass is 227 g/mol. The van der Waals surface area contributed by atoms with E-state index in [1.165, 1.54) is 6.07 Å². The van der Waals surface area contributed by atoms with Crippen LogP contribution in [0.3, 0.4) is 0 Å². The molecule has 0 radical (unpaired) electrons. The van der Waals surface area contributed by atoms with Crippen molar-refractivity contribution in [3.05, 3.63) is 28.5 Å². The average molecular weight is 228 g/mol.